The fraction of sp³-hybridized carbons (Fsp3) is 0.700. The van der Waals surface area contributed by atoms with Crippen molar-refractivity contribution in [1.82, 2.24) is 0 Å². The van der Waals surface area contributed by atoms with E-state index in [4.69, 9.17) is 11.3 Å². The smallest absolute Gasteiger partial charge is 0.228 e. The molecule has 0 N–H and O–H groups in total. The van der Waals surface area contributed by atoms with Gasteiger partial charge in [0, 0.05) is 20.3 Å². The molecule has 0 bridgehead atoms. The van der Waals surface area contributed by atoms with E-state index in [1.54, 1.807) is 7.11 Å². The standard InChI is InChI=1S/C10H16INO/c1-8(13-6)10(4,11)7-9(2,3)12-5/h1,7H2,2-4,6H3. The van der Waals surface area contributed by atoms with Crippen LogP contribution in [0.5, 0.6) is 0 Å². The van der Waals surface area contributed by atoms with Crippen LogP contribution in [-0.4, -0.2) is 16.1 Å². The number of alkyl halides is 1. The van der Waals surface area contributed by atoms with Crippen LogP contribution in [-0.2, 0) is 4.74 Å². The molecule has 0 radical (unpaired) electrons. The highest BCUT2D eigenvalue weighted by Crippen LogP contribution is 2.36. The van der Waals surface area contributed by atoms with Crippen LogP contribution in [0.4, 0.5) is 0 Å². The van der Waals surface area contributed by atoms with E-state index in [1.807, 2.05) is 20.8 Å². The van der Waals surface area contributed by atoms with Gasteiger partial charge in [-0.15, -0.1) is 0 Å². The summed E-state index contributed by atoms with van der Waals surface area (Å²) < 4.78 is 4.93. The van der Waals surface area contributed by atoms with Crippen molar-refractivity contribution in [3.05, 3.63) is 23.8 Å². The first kappa shape index (κ1) is 12.8. The quantitative estimate of drug-likeness (QED) is 0.335. The van der Waals surface area contributed by atoms with Gasteiger partial charge in [-0.1, -0.05) is 29.2 Å². The molecule has 13 heavy (non-hydrogen) atoms. The number of hydrogen-bond acceptors (Lipinski definition) is 1. The zero-order valence-electron chi connectivity index (χ0n) is 8.65. The van der Waals surface area contributed by atoms with E-state index in [-0.39, 0.29) is 8.96 Å². The lowest BCUT2D eigenvalue weighted by atomic mass is 9.91. The van der Waals surface area contributed by atoms with E-state index in [0.717, 1.165) is 12.2 Å². The van der Waals surface area contributed by atoms with Crippen LogP contribution in [0.2, 0.25) is 0 Å². The summed E-state index contributed by atoms with van der Waals surface area (Å²) in [5.74, 6) is 0.727. The Balaban J connectivity index is 4.53. The van der Waals surface area contributed by atoms with Crippen molar-refractivity contribution in [2.75, 3.05) is 7.11 Å². The summed E-state index contributed by atoms with van der Waals surface area (Å²) in [5, 5.41) is 0. The maximum absolute atomic E-state index is 7.03. The number of ether oxygens (including phenoxy) is 1. The zero-order chi connectivity index (χ0) is 10.7. The molecule has 0 aromatic rings. The van der Waals surface area contributed by atoms with Gasteiger partial charge in [0.1, 0.15) is 5.76 Å². The highest BCUT2D eigenvalue weighted by molar-refractivity contribution is 14.1. The average molecular weight is 293 g/mol. The van der Waals surface area contributed by atoms with Gasteiger partial charge in [-0.3, -0.25) is 0 Å². The summed E-state index contributed by atoms with van der Waals surface area (Å²) in [5.41, 5.74) is -0.350. The van der Waals surface area contributed by atoms with Crippen LogP contribution in [0.15, 0.2) is 12.3 Å². The van der Waals surface area contributed by atoms with Gasteiger partial charge < -0.3 is 9.58 Å². The Morgan fingerprint density at radius 2 is 2.00 bits per heavy atom. The maximum Gasteiger partial charge on any atom is 0.228 e. The number of allylic oxidation sites excluding steroid dienone is 1. The second-order valence-corrected chi connectivity index (χ2v) is 6.31. The molecule has 0 fully saturated rings. The van der Waals surface area contributed by atoms with Crippen LogP contribution >= 0.6 is 22.6 Å². The first-order chi connectivity index (χ1) is 5.75. The minimum atomic E-state index is -0.350. The monoisotopic (exact) mass is 293 g/mol. The van der Waals surface area contributed by atoms with Gasteiger partial charge in [0.15, 0.2) is 0 Å². The van der Waals surface area contributed by atoms with Crippen molar-refractivity contribution < 1.29 is 4.74 Å². The lowest BCUT2D eigenvalue weighted by Crippen LogP contribution is -2.30. The SMILES string of the molecule is [C-]#[N+]C(C)(C)CC(C)(I)C(=C)OC. The Hall–Kier alpha value is -0.240. The fourth-order valence-corrected chi connectivity index (χ4v) is 2.32. The molecule has 0 aliphatic rings. The molecule has 74 valence electrons. The first-order valence-corrected chi connectivity index (χ1v) is 5.14. The van der Waals surface area contributed by atoms with Gasteiger partial charge >= 0.3 is 0 Å². The Kier molecular flexibility index (Phi) is 4.24. The predicted octanol–water partition coefficient (Wildman–Crippen LogP) is 3.43. The van der Waals surface area contributed by atoms with Crippen LogP contribution in [0.1, 0.15) is 27.2 Å². The summed E-state index contributed by atoms with van der Waals surface area (Å²) in [6.45, 7) is 16.8. The maximum atomic E-state index is 7.03. The molecule has 0 aromatic heterocycles. The molecule has 1 atom stereocenters. The van der Waals surface area contributed by atoms with Crippen molar-refractivity contribution >= 4 is 22.6 Å². The topological polar surface area (TPSA) is 13.6 Å². The fourth-order valence-electron chi connectivity index (χ4n) is 1.16. The van der Waals surface area contributed by atoms with Crippen LogP contribution in [0.25, 0.3) is 4.85 Å². The molecule has 0 saturated heterocycles. The number of methoxy groups -OCH3 is 1. The van der Waals surface area contributed by atoms with E-state index in [0.29, 0.717) is 0 Å². The molecule has 0 aliphatic carbocycles. The zero-order valence-corrected chi connectivity index (χ0v) is 10.8. The number of hydrogen-bond donors (Lipinski definition) is 0. The van der Waals surface area contributed by atoms with Gasteiger partial charge in [0.05, 0.1) is 10.5 Å². The first-order valence-electron chi connectivity index (χ1n) is 4.06. The second kappa shape index (κ2) is 4.32. The van der Waals surface area contributed by atoms with Crippen molar-refractivity contribution in [3.63, 3.8) is 0 Å². The van der Waals surface area contributed by atoms with Gasteiger partial charge in [0.25, 0.3) is 0 Å². The van der Waals surface area contributed by atoms with Crippen molar-refractivity contribution in [1.29, 1.82) is 0 Å². The molecule has 0 heterocycles. The molecule has 0 aromatic carbocycles. The number of nitrogens with zero attached hydrogens (tertiary/aromatic N) is 1. The normalized spacial score (nSPS) is 15.7. The predicted molar refractivity (Wildman–Crippen MR) is 63.9 cm³/mol. The number of halogens is 1. The second-order valence-electron chi connectivity index (χ2n) is 3.93. The molecule has 0 saturated carbocycles. The summed E-state index contributed by atoms with van der Waals surface area (Å²) in [6, 6.07) is 0. The Morgan fingerprint density at radius 3 is 2.31 bits per heavy atom. The Labute approximate surface area is 94.3 Å². The third kappa shape index (κ3) is 3.99. The van der Waals surface area contributed by atoms with Crippen molar-refractivity contribution in [2.45, 2.75) is 36.2 Å². The molecule has 0 spiro atoms. The van der Waals surface area contributed by atoms with Crippen molar-refractivity contribution in [3.8, 4) is 0 Å². The summed E-state index contributed by atoms with van der Waals surface area (Å²) in [7, 11) is 1.62. The van der Waals surface area contributed by atoms with Gasteiger partial charge in [-0.05, 0) is 6.92 Å². The molecule has 0 aliphatic heterocycles. The summed E-state index contributed by atoms with van der Waals surface area (Å²) in [4.78, 5) is 3.57. The van der Waals surface area contributed by atoms with Gasteiger partial charge in [-0.25, -0.2) is 6.57 Å². The molecular weight excluding hydrogens is 277 g/mol. The minimum absolute atomic E-state index is 0.166. The van der Waals surface area contributed by atoms with Crippen molar-refractivity contribution in [2.24, 2.45) is 0 Å². The Morgan fingerprint density at radius 1 is 1.54 bits per heavy atom. The van der Waals surface area contributed by atoms with Crippen LogP contribution in [0.3, 0.4) is 0 Å². The summed E-state index contributed by atoms with van der Waals surface area (Å²) in [6.07, 6.45) is 0.747. The van der Waals surface area contributed by atoms with E-state index in [1.165, 1.54) is 0 Å². The van der Waals surface area contributed by atoms with E-state index >= 15 is 0 Å². The molecule has 3 heteroatoms. The molecule has 0 amide bonds. The van der Waals surface area contributed by atoms with Gasteiger partial charge in [0.2, 0.25) is 5.54 Å². The number of rotatable bonds is 4. The summed E-state index contributed by atoms with van der Waals surface area (Å²) >= 11 is 2.28. The van der Waals surface area contributed by atoms with Gasteiger partial charge in [-0.2, -0.15) is 0 Å². The van der Waals surface area contributed by atoms with E-state index < -0.39 is 0 Å². The molecule has 0 rings (SSSR count). The molecule has 1 unspecified atom stereocenters. The van der Waals surface area contributed by atoms with E-state index in [2.05, 4.69) is 34.0 Å². The lowest BCUT2D eigenvalue weighted by Gasteiger charge is -2.27. The van der Waals surface area contributed by atoms with Crippen LogP contribution in [0, 0.1) is 6.57 Å². The lowest BCUT2D eigenvalue weighted by molar-refractivity contribution is 0.254. The van der Waals surface area contributed by atoms with Crippen LogP contribution < -0.4 is 0 Å². The highest BCUT2D eigenvalue weighted by Gasteiger charge is 2.37. The largest absolute Gasteiger partial charge is 0.500 e. The highest BCUT2D eigenvalue weighted by atomic mass is 127. The van der Waals surface area contributed by atoms with E-state index in [9.17, 15) is 0 Å². The third-order valence-electron chi connectivity index (χ3n) is 1.90. The molecular formula is C10H16INO. The molecule has 2 nitrogen and oxygen atoms in total. The average Bonchev–Trinajstić information content (AvgIpc) is 2.01. The Bertz CT molecular complexity index is 238. The third-order valence-corrected chi connectivity index (χ3v) is 2.88. The minimum Gasteiger partial charge on any atom is -0.500 e.